The highest BCUT2D eigenvalue weighted by Crippen LogP contribution is 2.20. The first-order valence-electron chi connectivity index (χ1n) is 8.09. The molecule has 0 unspecified atom stereocenters. The molecule has 0 aliphatic heterocycles. The van der Waals surface area contributed by atoms with Crippen LogP contribution >= 0.6 is 11.6 Å². The molecule has 0 saturated heterocycles. The van der Waals surface area contributed by atoms with Crippen LogP contribution in [0.1, 0.15) is 24.6 Å². The lowest BCUT2D eigenvalue weighted by Gasteiger charge is -2.18. The summed E-state index contributed by atoms with van der Waals surface area (Å²) in [4.78, 5) is 17.4. The van der Waals surface area contributed by atoms with Crippen LogP contribution in [-0.4, -0.2) is 32.6 Å². The van der Waals surface area contributed by atoms with Gasteiger partial charge >= 0.3 is 0 Å². The quantitative estimate of drug-likeness (QED) is 0.742. The lowest BCUT2D eigenvalue weighted by molar-refractivity contribution is -0.130. The zero-order valence-corrected chi connectivity index (χ0v) is 14.7. The number of carbonyl (C=O) groups excluding carboxylic acids is 1. The molecule has 24 heavy (non-hydrogen) atoms. The van der Waals surface area contributed by atoms with E-state index in [4.69, 9.17) is 11.6 Å². The molecule has 0 fully saturated rings. The van der Waals surface area contributed by atoms with Gasteiger partial charge < -0.3 is 9.88 Å². The Kier molecular flexibility index (Phi) is 4.90. The number of halogens is 1. The number of H-pyrrole nitrogens is 1. The summed E-state index contributed by atoms with van der Waals surface area (Å²) in [5.74, 6) is 0.0974. The van der Waals surface area contributed by atoms with Crippen LogP contribution in [0.25, 0.3) is 10.9 Å². The number of aromatic nitrogens is 3. The maximum atomic E-state index is 12.5. The number of para-hydroxylation sites is 1. The summed E-state index contributed by atoms with van der Waals surface area (Å²) in [7, 11) is 1.81. The van der Waals surface area contributed by atoms with Gasteiger partial charge in [0.2, 0.25) is 5.91 Å². The normalized spacial score (nSPS) is 11.1. The molecule has 0 aliphatic carbocycles. The van der Waals surface area contributed by atoms with Crippen LogP contribution in [0.15, 0.2) is 36.7 Å². The van der Waals surface area contributed by atoms with Gasteiger partial charge in [0.1, 0.15) is 0 Å². The Balaban J connectivity index is 1.63. The van der Waals surface area contributed by atoms with Gasteiger partial charge in [-0.05, 0) is 25.0 Å². The summed E-state index contributed by atoms with van der Waals surface area (Å²) in [5, 5.41) is 6.00. The largest absolute Gasteiger partial charge is 0.361 e. The fraction of sp³-hybridized carbons (Fsp3) is 0.333. The van der Waals surface area contributed by atoms with E-state index in [-0.39, 0.29) is 5.91 Å². The third-order valence-corrected chi connectivity index (χ3v) is 4.61. The van der Waals surface area contributed by atoms with Crippen molar-refractivity contribution < 1.29 is 4.79 Å². The number of hydrogen-bond donors (Lipinski definition) is 1. The van der Waals surface area contributed by atoms with Crippen LogP contribution in [0.2, 0.25) is 5.02 Å². The van der Waals surface area contributed by atoms with Crippen molar-refractivity contribution in [2.75, 3.05) is 7.05 Å². The molecule has 0 bridgehead atoms. The van der Waals surface area contributed by atoms with E-state index in [1.807, 2.05) is 36.0 Å². The summed E-state index contributed by atoms with van der Waals surface area (Å²) < 4.78 is 1.83. The maximum Gasteiger partial charge on any atom is 0.222 e. The SMILES string of the molecule is CCn1ncc(Cl)c1CN(C)C(=O)CCc1c[nH]c2ccccc12. The minimum atomic E-state index is 0.0974. The van der Waals surface area contributed by atoms with Crippen LogP contribution in [0, 0.1) is 0 Å². The Bertz CT molecular complexity index is 852. The predicted octanol–water partition coefficient (Wildman–Crippen LogP) is 3.63. The van der Waals surface area contributed by atoms with Gasteiger partial charge in [0, 0.05) is 37.1 Å². The molecule has 0 aliphatic rings. The monoisotopic (exact) mass is 344 g/mol. The molecule has 5 nitrogen and oxygen atoms in total. The molecule has 1 amide bonds. The lowest BCUT2D eigenvalue weighted by Crippen LogP contribution is -2.27. The van der Waals surface area contributed by atoms with E-state index in [0.717, 1.165) is 17.8 Å². The molecule has 0 atom stereocenters. The zero-order valence-electron chi connectivity index (χ0n) is 13.9. The van der Waals surface area contributed by atoms with Crippen molar-refractivity contribution in [3.8, 4) is 0 Å². The maximum absolute atomic E-state index is 12.5. The van der Waals surface area contributed by atoms with E-state index >= 15 is 0 Å². The molecule has 2 heterocycles. The van der Waals surface area contributed by atoms with Crippen molar-refractivity contribution in [2.24, 2.45) is 0 Å². The van der Waals surface area contributed by atoms with Crippen LogP contribution in [0.3, 0.4) is 0 Å². The Labute approximate surface area is 146 Å². The van der Waals surface area contributed by atoms with E-state index in [1.54, 1.807) is 18.1 Å². The zero-order chi connectivity index (χ0) is 17.1. The van der Waals surface area contributed by atoms with E-state index in [9.17, 15) is 4.79 Å². The Morgan fingerprint density at radius 3 is 2.96 bits per heavy atom. The van der Waals surface area contributed by atoms with Gasteiger partial charge in [-0.3, -0.25) is 9.48 Å². The van der Waals surface area contributed by atoms with E-state index < -0.39 is 0 Å². The number of amides is 1. The summed E-state index contributed by atoms with van der Waals surface area (Å²) >= 11 is 6.17. The Morgan fingerprint density at radius 1 is 1.38 bits per heavy atom. The Hall–Kier alpha value is -2.27. The van der Waals surface area contributed by atoms with Gasteiger partial charge in [0.05, 0.1) is 23.5 Å². The van der Waals surface area contributed by atoms with Crippen LogP contribution in [0.5, 0.6) is 0 Å². The number of fused-ring (bicyclic) bond motifs is 1. The summed E-state index contributed by atoms with van der Waals surface area (Å²) in [5.41, 5.74) is 3.15. The van der Waals surface area contributed by atoms with Crippen LogP contribution in [-0.2, 0) is 24.3 Å². The third-order valence-electron chi connectivity index (χ3n) is 4.29. The lowest BCUT2D eigenvalue weighted by atomic mass is 10.1. The molecule has 126 valence electrons. The highest BCUT2D eigenvalue weighted by molar-refractivity contribution is 6.31. The number of hydrogen-bond acceptors (Lipinski definition) is 2. The molecule has 3 aromatic rings. The number of carbonyl (C=O) groups is 1. The molecule has 0 spiro atoms. The van der Waals surface area contributed by atoms with Gasteiger partial charge in [0.25, 0.3) is 0 Å². The number of nitrogens with one attached hydrogen (secondary N) is 1. The molecular weight excluding hydrogens is 324 g/mol. The predicted molar refractivity (Wildman–Crippen MR) is 96.0 cm³/mol. The van der Waals surface area contributed by atoms with Gasteiger partial charge in [-0.15, -0.1) is 0 Å². The van der Waals surface area contributed by atoms with Gasteiger partial charge in [-0.25, -0.2) is 0 Å². The molecule has 0 saturated carbocycles. The first kappa shape index (κ1) is 16.6. The van der Waals surface area contributed by atoms with Crippen molar-refractivity contribution in [3.05, 3.63) is 52.9 Å². The van der Waals surface area contributed by atoms with Crippen molar-refractivity contribution in [1.29, 1.82) is 0 Å². The first-order valence-corrected chi connectivity index (χ1v) is 8.47. The second kappa shape index (κ2) is 7.09. The third kappa shape index (κ3) is 3.31. The molecule has 3 rings (SSSR count). The van der Waals surface area contributed by atoms with Crippen LogP contribution < -0.4 is 0 Å². The Morgan fingerprint density at radius 2 is 2.17 bits per heavy atom. The fourth-order valence-electron chi connectivity index (χ4n) is 2.90. The summed E-state index contributed by atoms with van der Waals surface area (Å²) in [6.45, 7) is 3.21. The minimum Gasteiger partial charge on any atom is -0.361 e. The summed E-state index contributed by atoms with van der Waals surface area (Å²) in [6.07, 6.45) is 4.80. The second-order valence-corrected chi connectivity index (χ2v) is 6.27. The van der Waals surface area contributed by atoms with Crippen molar-refractivity contribution >= 4 is 28.4 Å². The molecule has 2 aromatic heterocycles. The van der Waals surface area contributed by atoms with Gasteiger partial charge in [-0.1, -0.05) is 29.8 Å². The molecule has 6 heteroatoms. The average molecular weight is 345 g/mol. The summed E-state index contributed by atoms with van der Waals surface area (Å²) in [6, 6.07) is 8.14. The average Bonchev–Trinajstić information content (AvgIpc) is 3.16. The number of aryl methyl sites for hydroxylation is 2. The molecule has 1 N–H and O–H groups in total. The topological polar surface area (TPSA) is 53.9 Å². The van der Waals surface area contributed by atoms with E-state index in [0.29, 0.717) is 24.4 Å². The second-order valence-electron chi connectivity index (χ2n) is 5.86. The van der Waals surface area contributed by atoms with Crippen molar-refractivity contribution in [1.82, 2.24) is 19.7 Å². The minimum absolute atomic E-state index is 0.0974. The highest BCUT2D eigenvalue weighted by Gasteiger charge is 2.15. The first-order chi connectivity index (χ1) is 11.6. The number of benzene rings is 1. The standard InChI is InChI=1S/C18H21ClN4O/c1-3-23-17(15(19)11-21-23)12-22(2)18(24)9-8-13-10-20-16-7-5-4-6-14(13)16/h4-7,10-11,20H,3,8-9,12H2,1-2H3. The number of rotatable bonds is 6. The molecule has 1 aromatic carbocycles. The van der Waals surface area contributed by atoms with Crippen molar-refractivity contribution in [2.45, 2.75) is 32.9 Å². The van der Waals surface area contributed by atoms with E-state index in [1.165, 1.54) is 10.9 Å². The molecule has 0 radical (unpaired) electrons. The van der Waals surface area contributed by atoms with Gasteiger partial charge in [0.15, 0.2) is 0 Å². The number of nitrogens with zero attached hydrogens (tertiary/aromatic N) is 3. The smallest absolute Gasteiger partial charge is 0.222 e. The highest BCUT2D eigenvalue weighted by atomic mass is 35.5. The van der Waals surface area contributed by atoms with Crippen molar-refractivity contribution in [3.63, 3.8) is 0 Å². The molecular formula is C18H21ClN4O. The fourth-order valence-corrected chi connectivity index (χ4v) is 3.10. The van der Waals surface area contributed by atoms with E-state index in [2.05, 4.69) is 16.1 Å². The van der Waals surface area contributed by atoms with Gasteiger partial charge in [-0.2, -0.15) is 5.10 Å². The number of aromatic amines is 1. The van der Waals surface area contributed by atoms with Crippen LogP contribution in [0.4, 0.5) is 0 Å².